The number of rotatable bonds is 7. The first-order chi connectivity index (χ1) is 27.1. The summed E-state index contributed by atoms with van der Waals surface area (Å²) >= 11 is 1.85. The Bertz CT molecular complexity index is 2430. The highest BCUT2D eigenvalue weighted by Crippen LogP contribution is 2.54. The molecule has 0 saturated heterocycles. The van der Waals surface area contributed by atoms with Gasteiger partial charge < -0.3 is 4.74 Å². The molecule has 5 aromatic carbocycles. The van der Waals surface area contributed by atoms with Crippen LogP contribution in [-0.2, 0) is 16.2 Å². The van der Waals surface area contributed by atoms with Crippen molar-refractivity contribution in [1.82, 2.24) is 4.98 Å². The van der Waals surface area contributed by atoms with E-state index in [0.717, 1.165) is 50.6 Å². The first-order valence-electron chi connectivity index (χ1n) is 20.2. The van der Waals surface area contributed by atoms with E-state index in [0.29, 0.717) is 0 Å². The summed E-state index contributed by atoms with van der Waals surface area (Å²) in [6, 6.07) is 44.3. The topological polar surface area (TPSA) is 37.7 Å². The van der Waals surface area contributed by atoms with E-state index in [1.54, 1.807) is 0 Å². The monoisotopic (exact) mass is 769 g/mol. The molecule has 0 bridgehead atoms. The summed E-state index contributed by atoms with van der Waals surface area (Å²) in [6.07, 6.45) is 1.95. The van der Waals surface area contributed by atoms with Gasteiger partial charge >= 0.3 is 0 Å². The van der Waals surface area contributed by atoms with Crippen LogP contribution in [0.15, 0.2) is 133 Å². The molecule has 57 heavy (non-hydrogen) atoms. The van der Waals surface area contributed by atoms with Crippen LogP contribution in [0.25, 0.3) is 0 Å². The molecule has 0 aliphatic carbocycles. The van der Waals surface area contributed by atoms with Gasteiger partial charge in [-0.2, -0.15) is 0 Å². The Kier molecular flexibility index (Phi) is 9.97. The van der Waals surface area contributed by atoms with Crippen LogP contribution in [0.2, 0.25) is 0 Å². The van der Waals surface area contributed by atoms with Crippen molar-refractivity contribution >= 4 is 34.0 Å². The molecule has 0 spiro atoms. The zero-order chi connectivity index (χ0) is 40.3. The average Bonchev–Trinajstić information content (AvgIpc) is 3.66. The Hall–Kier alpha value is -5.13. The molecule has 4 nitrogen and oxygen atoms in total. The molecule has 0 N–H and O–H groups in total. The number of nitrogens with zero attached hydrogens (tertiary/aromatic N) is 3. The standard InChI is InChI=1S/C52H55N3OS/c1-33-21-22-44-41(25-33)52(9,10)42-26-34(2)46(31-45(42)55(44)47-30-38(23-24-53-47)50(3,4)5)56-40-28-37(27-39(29-40)51(6,7)8)49-54-43(32-57-49)48(35-17-13-11-14-18-35)36-19-15-12-16-20-36/h11-31,43,48H,32H2,1-10H3/t43-/m0/s1. The lowest BCUT2D eigenvalue weighted by atomic mass is 9.72. The molecular formula is C52H55N3OS. The Balaban J connectivity index is 1.22. The Morgan fingerprint density at radius 3 is 2.00 bits per heavy atom. The molecule has 6 aromatic rings. The summed E-state index contributed by atoms with van der Waals surface area (Å²) in [6.45, 7) is 22.6. The van der Waals surface area contributed by atoms with E-state index in [-0.39, 0.29) is 28.2 Å². The van der Waals surface area contributed by atoms with E-state index in [4.69, 9.17) is 14.7 Å². The maximum absolute atomic E-state index is 7.05. The normalized spacial score (nSPS) is 16.3. The second kappa shape index (κ2) is 14.7. The van der Waals surface area contributed by atoms with Crippen LogP contribution < -0.4 is 9.64 Å². The van der Waals surface area contributed by atoms with Crippen molar-refractivity contribution in [3.63, 3.8) is 0 Å². The number of fused-ring (bicyclic) bond motifs is 2. The van der Waals surface area contributed by atoms with Crippen molar-refractivity contribution in [2.75, 3.05) is 10.7 Å². The summed E-state index contributed by atoms with van der Waals surface area (Å²) < 4.78 is 7.05. The molecule has 0 amide bonds. The number of aryl methyl sites for hydroxylation is 2. The van der Waals surface area contributed by atoms with Crippen molar-refractivity contribution < 1.29 is 4.74 Å². The Morgan fingerprint density at radius 1 is 0.702 bits per heavy atom. The molecule has 2 aliphatic rings. The molecule has 0 fully saturated rings. The Morgan fingerprint density at radius 2 is 1.35 bits per heavy atom. The van der Waals surface area contributed by atoms with E-state index < -0.39 is 0 Å². The minimum atomic E-state index is -0.233. The Labute approximate surface area is 344 Å². The van der Waals surface area contributed by atoms with E-state index in [9.17, 15) is 0 Å². The van der Waals surface area contributed by atoms with Crippen LogP contribution in [0.3, 0.4) is 0 Å². The van der Waals surface area contributed by atoms with Crippen LogP contribution in [0.1, 0.15) is 111 Å². The number of aromatic nitrogens is 1. The fourth-order valence-electron chi connectivity index (χ4n) is 8.36. The molecule has 3 heterocycles. The van der Waals surface area contributed by atoms with Crippen LogP contribution in [0.5, 0.6) is 11.5 Å². The summed E-state index contributed by atoms with van der Waals surface area (Å²) in [5.41, 5.74) is 13.0. The summed E-state index contributed by atoms with van der Waals surface area (Å²) in [5, 5.41) is 1.07. The largest absolute Gasteiger partial charge is 0.457 e. The highest BCUT2D eigenvalue weighted by atomic mass is 32.2. The van der Waals surface area contributed by atoms with Gasteiger partial charge in [-0.05, 0) is 106 Å². The maximum atomic E-state index is 7.05. The van der Waals surface area contributed by atoms with Crippen molar-refractivity contribution in [3.8, 4) is 11.5 Å². The van der Waals surface area contributed by atoms with Crippen molar-refractivity contribution in [1.29, 1.82) is 0 Å². The summed E-state index contributed by atoms with van der Waals surface area (Å²) in [5.74, 6) is 3.66. The average molecular weight is 770 g/mol. The van der Waals surface area contributed by atoms with Crippen LogP contribution in [0.4, 0.5) is 17.2 Å². The van der Waals surface area contributed by atoms with Gasteiger partial charge in [-0.1, -0.05) is 134 Å². The first-order valence-corrected chi connectivity index (χ1v) is 21.2. The van der Waals surface area contributed by atoms with Crippen LogP contribution in [-0.4, -0.2) is 21.8 Å². The third-order valence-corrected chi connectivity index (χ3v) is 12.9. The lowest BCUT2D eigenvalue weighted by Crippen LogP contribution is -2.31. The predicted molar refractivity (Wildman–Crippen MR) is 242 cm³/mol. The van der Waals surface area contributed by atoms with Gasteiger partial charge in [0.25, 0.3) is 0 Å². The van der Waals surface area contributed by atoms with Crippen LogP contribution in [0, 0.1) is 13.8 Å². The van der Waals surface area contributed by atoms with Gasteiger partial charge in [-0.3, -0.25) is 9.89 Å². The van der Waals surface area contributed by atoms with E-state index in [1.165, 1.54) is 38.9 Å². The quantitative estimate of drug-likeness (QED) is 0.162. The number of hydrogen-bond donors (Lipinski definition) is 0. The molecule has 1 atom stereocenters. The third-order valence-electron chi connectivity index (χ3n) is 11.7. The van der Waals surface area contributed by atoms with Crippen molar-refractivity contribution in [2.24, 2.45) is 4.99 Å². The second-order valence-corrected chi connectivity index (χ2v) is 19.5. The number of thioether (sulfide) groups is 1. The van der Waals surface area contributed by atoms with Gasteiger partial charge in [0.1, 0.15) is 17.3 Å². The fourth-order valence-corrected chi connectivity index (χ4v) is 9.45. The predicted octanol–water partition coefficient (Wildman–Crippen LogP) is 13.9. The molecule has 0 unspecified atom stereocenters. The van der Waals surface area contributed by atoms with Gasteiger partial charge in [0.15, 0.2) is 0 Å². The van der Waals surface area contributed by atoms with E-state index in [1.807, 2.05) is 18.0 Å². The molecule has 5 heteroatoms. The molecule has 1 aromatic heterocycles. The second-order valence-electron chi connectivity index (χ2n) is 18.5. The SMILES string of the molecule is Cc1ccc2c(c1)C(C)(C)c1cc(C)c(Oc3cc(C4=N[C@H](C(c5ccccc5)c5ccccc5)CS4)cc(C(C)(C)C)c3)cc1N2c1cc(C(C)(C)C)ccn1. The summed E-state index contributed by atoms with van der Waals surface area (Å²) in [7, 11) is 0. The lowest BCUT2D eigenvalue weighted by Gasteiger charge is -2.42. The molecular weight excluding hydrogens is 715 g/mol. The molecule has 0 saturated carbocycles. The number of hydrogen-bond acceptors (Lipinski definition) is 5. The van der Waals surface area contributed by atoms with Gasteiger partial charge in [0.05, 0.1) is 22.5 Å². The lowest BCUT2D eigenvalue weighted by molar-refractivity contribution is 0.474. The number of aliphatic imine (C=N–C) groups is 1. The minimum Gasteiger partial charge on any atom is -0.457 e. The number of ether oxygens (including phenoxy) is 1. The third kappa shape index (κ3) is 7.55. The van der Waals surface area contributed by atoms with Crippen LogP contribution >= 0.6 is 11.8 Å². The molecule has 290 valence electrons. The highest BCUT2D eigenvalue weighted by Gasteiger charge is 2.39. The molecule has 8 rings (SSSR count). The van der Waals surface area contributed by atoms with Gasteiger partial charge in [-0.25, -0.2) is 4.98 Å². The number of anilines is 3. The van der Waals surface area contributed by atoms with E-state index >= 15 is 0 Å². The van der Waals surface area contributed by atoms with Gasteiger partial charge in [0, 0.05) is 34.9 Å². The molecule has 2 aliphatic heterocycles. The summed E-state index contributed by atoms with van der Waals surface area (Å²) in [4.78, 5) is 12.8. The van der Waals surface area contributed by atoms with Crippen molar-refractivity contribution in [2.45, 2.75) is 97.4 Å². The van der Waals surface area contributed by atoms with E-state index in [2.05, 4.69) is 195 Å². The minimum absolute atomic E-state index is 0.0189. The number of pyridine rings is 1. The van der Waals surface area contributed by atoms with Gasteiger partial charge in [0.2, 0.25) is 0 Å². The van der Waals surface area contributed by atoms with Crippen molar-refractivity contribution in [3.05, 3.63) is 178 Å². The smallest absolute Gasteiger partial charge is 0.137 e. The zero-order valence-electron chi connectivity index (χ0n) is 35.1. The number of benzene rings is 5. The fraction of sp³-hybridized carbons (Fsp3) is 0.308. The first kappa shape index (κ1) is 38.7. The maximum Gasteiger partial charge on any atom is 0.137 e. The zero-order valence-corrected chi connectivity index (χ0v) is 36.0. The van der Waals surface area contributed by atoms with Gasteiger partial charge in [-0.15, -0.1) is 11.8 Å². The highest BCUT2D eigenvalue weighted by molar-refractivity contribution is 8.14. The molecule has 0 radical (unpaired) electrons.